The van der Waals surface area contributed by atoms with Gasteiger partial charge in [-0.05, 0) is 36.4 Å². The van der Waals surface area contributed by atoms with Crippen molar-refractivity contribution in [3.8, 4) is 17.2 Å². The molecule has 24 heavy (non-hydrogen) atoms. The third-order valence-electron chi connectivity index (χ3n) is 3.06. The third kappa shape index (κ3) is 4.12. The zero-order valence-electron chi connectivity index (χ0n) is 12.8. The van der Waals surface area contributed by atoms with Crippen LogP contribution in [0.3, 0.4) is 0 Å². The van der Waals surface area contributed by atoms with E-state index in [4.69, 9.17) is 13.6 Å². The van der Waals surface area contributed by atoms with Crippen LogP contribution in [0.5, 0.6) is 17.2 Å². The Kier molecular flexibility index (Phi) is 5.09. The van der Waals surface area contributed by atoms with Gasteiger partial charge in [-0.3, -0.25) is 13.6 Å². The van der Waals surface area contributed by atoms with Crippen molar-refractivity contribution in [3.05, 3.63) is 91.0 Å². The third-order valence-corrected chi connectivity index (χ3v) is 4.71. The zero-order chi connectivity index (χ0) is 16.7. The summed E-state index contributed by atoms with van der Waals surface area (Å²) in [5.41, 5.74) is 0. The summed E-state index contributed by atoms with van der Waals surface area (Å²) in [5, 5.41) is 0. The summed E-state index contributed by atoms with van der Waals surface area (Å²) in [6, 6.07) is 27.6. The molecule has 0 fully saturated rings. The lowest BCUT2D eigenvalue weighted by Crippen LogP contribution is -2.16. The SMILES string of the molecule is O=C[P+](Oc1ccccc1)(Oc1ccccc1)Oc1ccccc1. The maximum absolute atomic E-state index is 11.9. The number of carbonyl (C=O) groups is 1. The molecule has 120 valence electrons. The minimum atomic E-state index is -3.32. The maximum atomic E-state index is 11.9. The predicted molar refractivity (Wildman–Crippen MR) is 94.9 cm³/mol. The first-order chi connectivity index (χ1) is 11.8. The molecule has 0 aromatic heterocycles. The Bertz CT molecular complexity index is 662. The van der Waals surface area contributed by atoms with Crippen LogP contribution in [0.4, 0.5) is 0 Å². The van der Waals surface area contributed by atoms with Crippen LogP contribution in [0, 0.1) is 0 Å². The van der Waals surface area contributed by atoms with Gasteiger partial charge in [0.15, 0.2) is 17.2 Å². The van der Waals surface area contributed by atoms with E-state index in [2.05, 4.69) is 0 Å². The van der Waals surface area contributed by atoms with Crippen molar-refractivity contribution in [2.45, 2.75) is 0 Å². The highest BCUT2D eigenvalue weighted by Gasteiger charge is 2.51. The molecule has 0 saturated heterocycles. The van der Waals surface area contributed by atoms with Gasteiger partial charge < -0.3 is 0 Å². The van der Waals surface area contributed by atoms with Crippen molar-refractivity contribution in [3.63, 3.8) is 0 Å². The van der Waals surface area contributed by atoms with Crippen molar-refractivity contribution in [1.82, 2.24) is 0 Å². The highest BCUT2D eigenvalue weighted by molar-refractivity contribution is 7.77. The van der Waals surface area contributed by atoms with E-state index in [-0.39, 0.29) is 0 Å². The Hall–Kier alpha value is -2.84. The first-order valence-electron chi connectivity index (χ1n) is 7.39. The Labute approximate surface area is 141 Å². The first-order valence-corrected chi connectivity index (χ1v) is 9.00. The molecule has 5 heteroatoms. The Morgan fingerprint density at radius 2 is 0.833 bits per heavy atom. The Morgan fingerprint density at radius 3 is 1.08 bits per heavy atom. The molecule has 0 spiro atoms. The second kappa shape index (κ2) is 7.62. The molecule has 4 nitrogen and oxygen atoms in total. The molecular weight excluding hydrogens is 323 g/mol. The van der Waals surface area contributed by atoms with Crippen molar-refractivity contribution in [2.75, 3.05) is 0 Å². The van der Waals surface area contributed by atoms with Gasteiger partial charge in [-0.2, -0.15) is 0 Å². The standard InChI is InChI=1S/C19H16O4P/c20-16-24(21-17-10-4-1-5-11-17,22-18-12-6-2-7-13-18)23-19-14-8-3-9-15-19/h1-16H/q+1. The van der Waals surface area contributed by atoms with Gasteiger partial charge in [0.1, 0.15) is 0 Å². The molecule has 3 rings (SSSR count). The van der Waals surface area contributed by atoms with Crippen LogP contribution < -0.4 is 13.6 Å². The molecule has 0 atom stereocenters. The van der Waals surface area contributed by atoms with E-state index in [1.807, 2.05) is 54.6 Å². The number of para-hydroxylation sites is 3. The van der Waals surface area contributed by atoms with Crippen molar-refractivity contribution < 1.29 is 18.4 Å². The molecule has 0 aliphatic rings. The highest BCUT2D eigenvalue weighted by atomic mass is 31.2. The molecule has 0 bridgehead atoms. The smallest absolute Gasteiger partial charge is 0.266 e. The van der Waals surface area contributed by atoms with Crippen molar-refractivity contribution >= 4 is 14.0 Å². The largest absolute Gasteiger partial charge is 0.614 e. The van der Waals surface area contributed by atoms with Crippen molar-refractivity contribution in [2.24, 2.45) is 0 Å². The predicted octanol–water partition coefficient (Wildman–Crippen LogP) is 5.18. The van der Waals surface area contributed by atoms with E-state index in [0.29, 0.717) is 23.3 Å². The van der Waals surface area contributed by atoms with Gasteiger partial charge >= 0.3 is 14.0 Å². The number of rotatable bonds is 7. The van der Waals surface area contributed by atoms with Gasteiger partial charge in [-0.1, -0.05) is 54.6 Å². The van der Waals surface area contributed by atoms with Gasteiger partial charge in [0.05, 0.1) is 0 Å². The van der Waals surface area contributed by atoms with Crippen LogP contribution in [0.1, 0.15) is 0 Å². The van der Waals surface area contributed by atoms with Gasteiger partial charge in [0.25, 0.3) is 0 Å². The highest BCUT2D eigenvalue weighted by Crippen LogP contribution is 2.57. The van der Waals surface area contributed by atoms with Crippen LogP contribution in [0.15, 0.2) is 91.0 Å². The molecular formula is C19H16O4P+. The van der Waals surface area contributed by atoms with E-state index in [1.54, 1.807) is 36.4 Å². The molecule has 0 saturated carbocycles. The van der Waals surface area contributed by atoms with E-state index in [9.17, 15) is 4.79 Å². The molecule has 0 amide bonds. The van der Waals surface area contributed by atoms with Gasteiger partial charge in [0.2, 0.25) is 0 Å². The minimum absolute atomic E-state index is 0.504. The maximum Gasteiger partial charge on any atom is 0.614 e. The molecule has 0 aliphatic carbocycles. The van der Waals surface area contributed by atoms with Crippen LogP contribution in [0.25, 0.3) is 0 Å². The fourth-order valence-electron chi connectivity index (χ4n) is 2.01. The second-order valence-corrected chi connectivity index (χ2v) is 6.70. The molecule has 0 aliphatic heterocycles. The summed E-state index contributed by atoms with van der Waals surface area (Å²) in [7, 11) is -3.32. The molecule has 0 radical (unpaired) electrons. The minimum Gasteiger partial charge on any atom is -0.266 e. The summed E-state index contributed by atoms with van der Waals surface area (Å²) < 4.78 is 17.6. The zero-order valence-corrected chi connectivity index (χ0v) is 13.7. The molecule has 0 unspecified atom stereocenters. The summed E-state index contributed by atoms with van der Waals surface area (Å²) in [5.74, 6) is 1.51. The van der Waals surface area contributed by atoms with E-state index < -0.39 is 7.94 Å². The lowest BCUT2D eigenvalue weighted by atomic mass is 10.3. The van der Waals surface area contributed by atoms with Gasteiger partial charge in [0, 0.05) is 0 Å². The van der Waals surface area contributed by atoms with E-state index in [1.165, 1.54) is 0 Å². The molecule has 0 heterocycles. The normalized spacial score (nSPS) is 10.7. The number of carbonyl (C=O) groups excluding carboxylic acids is 1. The van der Waals surface area contributed by atoms with Crippen LogP contribution in [0.2, 0.25) is 0 Å². The molecule has 3 aromatic rings. The lowest BCUT2D eigenvalue weighted by molar-refractivity contribution is 0.368. The van der Waals surface area contributed by atoms with Gasteiger partial charge in [-0.15, -0.1) is 0 Å². The fourth-order valence-corrected chi connectivity index (χ4v) is 3.49. The van der Waals surface area contributed by atoms with Crippen LogP contribution in [-0.4, -0.2) is 6.03 Å². The second-order valence-electron chi connectivity index (χ2n) is 4.86. The quantitative estimate of drug-likeness (QED) is 0.440. The summed E-state index contributed by atoms with van der Waals surface area (Å²) in [6.45, 7) is 0. The van der Waals surface area contributed by atoms with Crippen LogP contribution in [-0.2, 0) is 4.79 Å². The first kappa shape index (κ1) is 16.0. The summed E-state index contributed by atoms with van der Waals surface area (Å²) >= 11 is 0. The number of hydrogen-bond donors (Lipinski definition) is 0. The van der Waals surface area contributed by atoms with E-state index in [0.717, 1.165) is 0 Å². The number of hydrogen-bond acceptors (Lipinski definition) is 4. The topological polar surface area (TPSA) is 44.8 Å². The van der Waals surface area contributed by atoms with Crippen molar-refractivity contribution in [1.29, 1.82) is 0 Å². The monoisotopic (exact) mass is 339 g/mol. The molecule has 3 aromatic carbocycles. The fraction of sp³-hybridized carbons (Fsp3) is 0. The molecule has 0 N–H and O–H groups in total. The Balaban J connectivity index is 1.92. The summed E-state index contributed by atoms with van der Waals surface area (Å²) in [4.78, 5) is 11.9. The van der Waals surface area contributed by atoms with Crippen LogP contribution >= 0.6 is 7.94 Å². The average Bonchev–Trinajstić information content (AvgIpc) is 2.64. The lowest BCUT2D eigenvalue weighted by Gasteiger charge is -2.17. The average molecular weight is 339 g/mol. The number of benzene rings is 3. The Morgan fingerprint density at radius 1 is 0.542 bits per heavy atom. The summed E-state index contributed by atoms with van der Waals surface area (Å²) in [6.07, 6.45) is 0. The van der Waals surface area contributed by atoms with E-state index >= 15 is 0 Å². The van der Waals surface area contributed by atoms with Gasteiger partial charge in [-0.25, -0.2) is 4.79 Å².